The van der Waals surface area contributed by atoms with Crippen molar-refractivity contribution >= 4 is 29.1 Å². The topological polar surface area (TPSA) is 113 Å². The van der Waals surface area contributed by atoms with Crippen LogP contribution in [0.15, 0.2) is 18.2 Å². The van der Waals surface area contributed by atoms with E-state index in [9.17, 15) is 9.59 Å². The van der Waals surface area contributed by atoms with E-state index in [1.54, 1.807) is 0 Å². The summed E-state index contributed by atoms with van der Waals surface area (Å²) in [5.74, 6) is -1.23. The molecule has 1 aromatic rings. The number of carbonyl (C=O) groups is 2. The number of rotatable bonds is 5. The van der Waals surface area contributed by atoms with Crippen LogP contribution >= 0.6 is 11.6 Å². The van der Waals surface area contributed by atoms with Crippen LogP contribution in [0.1, 0.15) is 5.56 Å². The van der Waals surface area contributed by atoms with E-state index in [4.69, 9.17) is 28.3 Å². The Morgan fingerprint density at radius 1 is 1.28 bits per heavy atom. The van der Waals surface area contributed by atoms with Gasteiger partial charge in [0.2, 0.25) is 11.8 Å². The van der Waals surface area contributed by atoms with Crippen molar-refractivity contribution in [2.24, 2.45) is 11.5 Å². The molecule has 0 aliphatic heterocycles. The van der Waals surface area contributed by atoms with Gasteiger partial charge in [-0.15, -0.1) is 0 Å². The molecule has 1 rings (SSSR count). The third kappa shape index (κ3) is 3.64. The van der Waals surface area contributed by atoms with Crippen LogP contribution in [0.25, 0.3) is 0 Å². The normalized spacial score (nSPS) is 9.56. The third-order valence-corrected chi connectivity index (χ3v) is 2.41. The van der Waals surface area contributed by atoms with Crippen molar-refractivity contribution in [3.8, 4) is 6.07 Å². The standard InChI is InChI=1S/C11H11ClN4O2/c12-8-3-7(4-13)1-2-9(8)16(5-10(14)17)6-11(15)18/h1-3H,5-6H2,(H2,14,17)(H2,15,18). The van der Waals surface area contributed by atoms with Crippen LogP contribution in [-0.2, 0) is 9.59 Å². The van der Waals surface area contributed by atoms with Crippen molar-refractivity contribution in [3.05, 3.63) is 28.8 Å². The predicted octanol–water partition coefficient (Wildman–Crippen LogP) is -0.0113. The van der Waals surface area contributed by atoms with Crippen LogP contribution in [0.3, 0.4) is 0 Å². The Hall–Kier alpha value is -2.26. The number of primary amides is 2. The second kappa shape index (κ2) is 5.89. The molecule has 0 heterocycles. The van der Waals surface area contributed by atoms with Gasteiger partial charge in [0, 0.05) is 0 Å². The van der Waals surface area contributed by atoms with Crippen LogP contribution in [0.4, 0.5) is 5.69 Å². The van der Waals surface area contributed by atoms with Gasteiger partial charge >= 0.3 is 0 Å². The zero-order valence-corrected chi connectivity index (χ0v) is 10.1. The summed E-state index contributed by atoms with van der Waals surface area (Å²) in [6.07, 6.45) is 0. The molecule has 2 amide bonds. The van der Waals surface area contributed by atoms with E-state index in [0.29, 0.717) is 11.3 Å². The molecule has 6 nitrogen and oxygen atoms in total. The minimum atomic E-state index is -0.614. The van der Waals surface area contributed by atoms with E-state index in [-0.39, 0.29) is 18.1 Å². The van der Waals surface area contributed by atoms with Gasteiger partial charge in [0.25, 0.3) is 0 Å². The number of hydrogen-bond acceptors (Lipinski definition) is 4. The Kier molecular flexibility index (Phi) is 4.52. The van der Waals surface area contributed by atoms with Crippen molar-refractivity contribution in [1.82, 2.24) is 0 Å². The highest BCUT2D eigenvalue weighted by Crippen LogP contribution is 2.26. The van der Waals surface area contributed by atoms with Gasteiger partial charge in [-0.05, 0) is 18.2 Å². The summed E-state index contributed by atoms with van der Waals surface area (Å²) in [6, 6.07) is 6.42. The fourth-order valence-corrected chi connectivity index (χ4v) is 1.74. The Morgan fingerprint density at radius 3 is 2.22 bits per heavy atom. The number of halogens is 1. The average molecular weight is 267 g/mol. The first-order valence-electron chi connectivity index (χ1n) is 4.95. The zero-order valence-electron chi connectivity index (χ0n) is 9.39. The second-order valence-corrected chi connectivity index (χ2v) is 3.97. The van der Waals surface area contributed by atoms with Crippen molar-refractivity contribution in [1.29, 1.82) is 5.26 Å². The lowest BCUT2D eigenvalue weighted by Crippen LogP contribution is -2.39. The predicted molar refractivity (Wildman–Crippen MR) is 66.8 cm³/mol. The summed E-state index contributed by atoms with van der Waals surface area (Å²) in [5, 5.41) is 8.96. The highest BCUT2D eigenvalue weighted by molar-refractivity contribution is 6.33. The lowest BCUT2D eigenvalue weighted by atomic mass is 10.2. The fraction of sp³-hybridized carbons (Fsp3) is 0.182. The van der Waals surface area contributed by atoms with Crippen molar-refractivity contribution in [2.45, 2.75) is 0 Å². The van der Waals surface area contributed by atoms with Gasteiger partial charge in [0.1, 0.15) is 0 Å². The Morgan fingerprint density at radius 2 is 1.83 bits per heavy atom. The molecule has 0 bridgehead atoms. The number of hydrogen-bond donors (Lipinski definition) is 2. The number of amides is 2. The van der Waals surface area contributed by atoms with Gasteiger partial charge in [0.05, 0.1) is 35.4 Å². The summed E-state index contributed by atoms with van der Waals surface area (Å²) in [6.45, 7) is -0.372. The minimum Gasteiger partial charge on any atom is -0.368 e. The summed E-state index contributed by atoms with van der Waals surface area (Å²) in [7, 11) is 0. The van der Waals surface area contributed by atoms with E-state index in [2.05, 4.69) is 0 Å². The number of nitriles is 1. The van der Waals surface area contributed by atoms with Gasteiger partial charge in [-0.1, -0.05) is 11.6 Å². The molecule has 0 spiro atoms. The molecular weight excluding hydrogens is 256 g/mol. The highest BCUT2D eigenvalue weighted by Gasteiger charge is 2.15. The van der Waals surface area contributed by atoms with Gasteiger partial charge in [-0.25, -0.2) is 0 Å². The molecule has 0 radical (unpaired) electrons. The van der Waals surface area contributed by atoms with Crippen LogP contribution in [-0.4, -0.2) is 24.9 Å². The van der Waals surface area contributed by atoms with Gasteiger partial charge in [-0.3, -0.25) is 9.59 Å². The van der Waals surface area contributed by atoms with E-state index in [1.165, 1.54) is 23.1 Å². The van der Waals surface area contributed by atoms with Gasteiger partial charge in [0.15, 0.2) is 0 Å². The number of nitrogens with zero attached hydrogens (tertiary/aromatic N) is 2. The second-order valence-electron chi connectivity index (χ2n) is 3.57. The molecule has 0 atom stereocenters. The van der Waals surface area contributed by atoms with Crippen molar-refractivity contribution < 1.29 is 9.59 Å². The number of anilines is 1. The molecule has 94 valence electrons. The summed E-state index contributed by atoms with van der Waals surface area (Å²) in [5.41, 5.74) is 11.0. The van der Waals surface area contributed by atoms with Crippen LogP contribution in [0.2, 0.25) is 5.02 Å². The molecule has 1 aromatic carbocycles. The van der Waals surface area contributed by atoms with Gasteiger partial charge < -0.3 is 16.4 Å². The summed E-state index contributed by atoms with van der Waals surface area (Å²) >= 11 is 5.97. The highest BCUT2D eigenvalue weighted by atomic mass is 35.5. The SMILES string of the molecule is N#Cc1ccc(N(CC(N)=O)CC(N)=O)c(Cl)c1. The molecule has 0 fully saturated rings. The first kappa shape index (κ1) is 13.8. The monoisotopic (exact) mass is 266 g/mol. The number of benzene rings is 1. The summed E-state index contributed by atoms with van der Waals surface area (Å²) in [4.78, 5) is 23.2. The minimum absolute atomic E-state index is 0.186. The van der Waals surface area contributed by atoms with Crippen molar-refractivity contribution in [3.63, 3.8) is 0 Å². The van der Waals surface area contributed by atoms with E-state index in [0.717, 1.165) is 0 Å². The molecule has 7 heteroatoms. The molecular formula is C11H11ClN4O2. The maximum Gasteiger partial charge on any atom is 0.236 e. The smallest absolute Gasteiger partial charge is 0.236 e. The van der Waals surface area contributed by atoms with E-state index >= 15 is 0 Å². The van der Waals surface area contributed by atoms with Crippen LogP contribution < -0.4 is 16.4 Å². The molecule has 0 aromatic heterocycles. The molecule has 0 aliphatic carbocycles. The first-order valence-corrected chi connectivity index (χ1v) is 5.33. The molecule has 18 heavy (non-hydrogen) atoms. The Labute approximate surface area is 109 Å². The molecule has 0 unspecified atom stereocenters. The Balaban J connectivity index is 3.08. The quantitative estimate of drug-likeness (QED) is 0.780. The largest absolute Gasteiger partial charge is 0.368 e. The molecule has 0 saturated carbocycles. The molecule has 4 N–H and O–H groups in total. The molecule has 0 aliphatic rings. The lowest BCUT2D eigenvalue weighted by Gasteiger charge is -2.22. The third-order valence-electron chi connectivity index (χ3n) is 2.11. The Bertz CT molecular complexity index is 508. The maximum atomic E-state index is 10.9. The maximum absolute atomic E-state index is 10.9. The first-order chi connectivity index (χ1) is 8.43. The van der Waals surface area contributed by atoms with E-state index in [1.807, 2.05) is 6.07 Å². The lowest BCUT2D eigenvalue weighted by molar-refractivity contribution is -0.117. The average Bonchev–Trinajstić information content (AvgIpc) is 2.26. The fourth-order valence-electron chi connectivity index (χ4n) is 1.44. The van der Waals surface area contributed by atoms with Crippen molar-refractivity contribution in [2.75, 3.05) is 18.0 Å². The van der Waals surface area contributed by atoms with E-state index < -0.39 is 11.8 Å². The zero-order chi connectivity index (χ0) is 13.7. The van der Waals surface area contributed by atoms with Gasteiger partial charge in [-0.2, -0.15) is 5.26 Å². The summed E-state index contributed by atoms with van der Waals surface area (Å²) < 4.78 is 0. The number of nitrogens with two attached hydrogens (primary N) is 2. The van der Waals surface area contributed by atoms with Crippen LogP contribution in [0, 0.1) is 11.3 Å². The molecule has 0 saturated heterocycles. The number of carbonyl (C=O) groups excluding carboxylic acids is 2. The van der Waals surface area contributed by atoms with Crippen LogP contribution in [0.5, 0.6) is 0 Å².